The molecule has 37 heavy (non-hydrogen) atoms. The number of amides is 2. The molecule has 1 saturated heterocycles. The molecule has 4 aromatic rings. The van der Waals surface area contributed by atoms with E-state index >= 15 is 0 Å². The predicted octanol–water partition coefficient (Wildman–Crippen LogP) is 5.62. The monoisotopic (exact) mass is 504 g/mol. The molecule has 0 radical (unpaired) electrons. The Morgan fingerprint density at radius 2 is 1.70 bits per heavy atom. The summed E-state index contributed by atoms with van der Waals surface area (Å²) in [7, 11) is 0. The smallest absolute Gasteiger partial charge is 0.316 e. The first-order chi connectivity index (χ1) is 17.9. The highest BCUT2D eigenvalue weighted by molar-refractivity contribution is 6.00. The Hall–Kier alpha value is -3.85. The molecule has 1 atom stereocenters. The number of carbonyl (C=O) groups is 1. The van der Waals surface area contributed by atoms with Crippen LogP contribution in [0.4, 0.5) is 19.3 Å². The van der Waals surface area contributed by atoms with Gasteiger partial charge in [0.15, 0.2) is 0 Å². The number of alkyl halides is 2. The predicted molar refractivity (Wildman–Crippen MR) is 141 cm³/mol. The lowest BCUT2D eigenvalue weighted by Crippen LogP contribution is -2.46. The number of aromatic amines is 1. The molecular weight excluding hydrogens is 474 g/mol. The van der Waals surface area contributed by atoms with Crippen LogP contribution < -0.4 is 5.32 Å². The number of anilines is 1. The van der Waals surface area contributed by atoms with Crippen molar-refractivity contribution < 1.29 is 13.6 Å². The number of fused-ring (bicyclic) bond motifs is 2. The fourth-order valence-corrected chi connectivity index (χ4v) is 5.10. The molecule has 2 aliphatic heterocycles. The van der Waals surface area contributed by atoms with Crippen LogP contribution in [-0.2, 0) is 6.54 Å². The topological polar surface area (TPSA) is 77.2 Å². The van der Waals surface area contributed by atoms with Crippen molar-refractivity contribution in [2.75, 3.05) is 25.0 Å². The van der Waals surface area contributed by atoms with Gasteiger partial charge >= 0.3 is 6.03 Å². The molecule has 192 valence electrons. The first kappa shape index (κ1) is 24.8. The maximum absolute atomic E-state index is 12.7. The largest absolute Gasteiger partial charge is 0.322 e. The third-order valence-electron chi connectivity index (χ3n) is 6.74. The third kappa shape index (κ3) is 5.61. The van der Waals surface area contributed by atoms with E-state index in [2.05, 4.69) is 26.6 Å². The van der Waals surface area contributed by atoms with Gasteiger partial charge in [0.1, 0.15) is 5.69 Å². The molecule has 6 rings (SSSR count). The summed E-state index contributed by atoms with van der Waals surface area (Å²) in [6, 6.07) is 19.7. The van der Waals surface area contributed by atoms with Gasteiger partial charge in [0, 0.05) is 53.7 Å². The molecule has 2 amide bonds. The number of nitrogens with one attached hydrogen (secondary N) is 2. The number of pyridine rings is 1. The fraction of sp³-hybridized carbons (Fsp3) is 0.321. The minimum atomic E-state index is -2.36. The summed E-state index contributed by atoms with van der Waals surface area (Å²) < 4.78 is 25.5. The standard InChI is InChI=1S/C22H24F2N6O.C6H6/c1-12-5-14(6-13(2)25-12)21-17-7-15-9-30(16-3-4-29(10-16)11-20(23)24)22(31)26-18(15)8-19(17)27-28-21;1-2-4-6-5-3-1/h5-8,16,20H,3-4,9-11H2,1-2H3,(H,26,31)(H,27,28);1-6H. The molecule has 2 aliphatic rings. The summed E-state index contributed by atoms with van der Waals surface area (Å²) in [5, 5.41) is 11.5. The number of urea groups is 1. The van der Waals surface area contributed by atoms with Gasteiger partial charge in [-0.3, -0.25) is 15.0 Å². The van der Waals surface area contributed by atoms with Crippen LogP contribution in [-0.4, -0.2) is 63.1 Å². The molecule has 4 heterocycles. The number of hydrogen-bond acceptors (Lipinski definition) is 4. The van der Waals surface area contributed by atoms with Gasteiger partial charge in [-0.2, -0.15) is 5.10 Å². The minimum Gasteiger partial charge on any atom is -0.316 e. The van der Waals surface area contributed by atoms with Crippen LogP contribution in [0.1, 0.15) is 23.4 Å². The molecule has 1 fully saturated rings. The average Bonchev–Trinajstić information content (AvgIpc) is 3.49. The zero-order valence-corrected chi connectivity index (χ0v) is 20.9. The van der Waals surface area contributed by atoms with Gasteiger partial charge in [-0.25, -0.2) is 13.6 Å². The molecule has 0 spiro atoms. The molecular formula is C28H30F2N6O. The number of halogens is 2. The van der Waals surface area contributed by atoms with Crippen molar-refractivity contribution in [3.05, 3.63) is 77.6 Å². The van der Waals surface area contributed by atoms with Gasteiger partial charge in [-0.1, -0.05) is 36.4 Å². The number of likely N-dealkylation sites (tertiary alicyclic amines) is 1. The van der Waals surface area contributed by atoms with E-state index in [0.29, 0.717) is 26.1 Å². The highest BCUT2D eigenvalue weighted by Gasteiger charge is 2.34. The molecule has 2 aromatic carbocycles. The lowest BCUT2D eigenvalue weighted by Gasteiger charge is -2.34. The van der Waals surface area contributed by atoms with Gasteiger partial charge in [0.05, 0.1) is 12.1 Å². The second-order valence-corrected chi connectivity index (χ2v) is 9.57. The number of benzene rings is 2. The van der Waals surface area contributed by atoms with Crippen LogP contribution in [0.3, 0.4) is 0 Å². The fourth-order valence-electron chi connectivity index (χ4n) is 5.10. The summed E-state index contributed by atoms with van der Waals surface area (Å²) in [5.74, 6) is 0. The van der Waals surface area contributed by atoms with Crippen LogP contribution >= 0.6 is 0 Å². The van der Waals surface area contributed by atoms with Crippen LogP contribution in [0, 0.1) is 13.8 Å². The molecule has 1 unspecified atom stereocenters. The van der Waals surface area contributed by atoms with Crippen molar-refractivity contribution in [3.63, 3.8) is 0 Å². The number of aromatic nitrogens is 3. The zero-order chi connectivity index (χ0) is 25.9. The van der Waals surface area contributed by atoms with Crippen LogP contribution in [0.25, 0.3) is 22.2 Å². The average molecular weight is 505 g/mol. The highest BCUT2D eigenvalue weighted by Crippen LogP contribution is 2.34. The van der Waals surface area contributed by atoms with Gasteiger partial charge in [-0.15, -0.1) is 0 Å². The van der Waals surface area contributed by atoms with E-state index in [-0.39, 0.29) is 18.6 Å². The minimum absolute atomic E-state index is 0.0723. The number of rotatable bonds is 4. The molecule has 0 saturated carbocycles. The van der Waals surface area contributed by atoms with Crippen molar-refractivity contribution in [1.82, 2.24) is 25.0 Å². The SMILES string of the molecule is Cc1cc(-c2n[nH]c3cc4c(cc23)CN(C2CCN(CC(F)F)C2)C(=O)N4)cc(C)n1.c1ccccc1. The second-order valence-electron chi connectivity index (χ2n) is 9.57. The molecule has 2 N–H and O–H groups in total. The molecule has 9 heteroatoms. The first-order valence-electron chi connectivity index (χ1n) is 12.4. The normalized spacial score (nSPS) is 17.5. The third-order valence-corrected chi connectivity index (χ3v) is 6.74. The van der Waals surface area contributed by atoms with Crippen molar-refractivity contribution in [3.8, 4) is 11.3 Å². The quantitative estimate of drug-likeness (QED) is 0.379. The Kier molecular flexibility index (Phi) is 7.14. The maximum atomic E-state index is 12.7. The van der Waals surface area contributed by atoms with Gasteiger partial charge in [0.2, 0.25) is 0 Å². The Balaban J connectivity index is 0.000000412. The second kappa shape index (κ2) is 10.6. The zero-order valence-electron chi connectivity index (χ0n) is 20.9. The van der Waals surface area contributed by atoms with Crippen LogP contribution in [0.5, 0.6) is 0 Å². The Bertz CT molecular complexity index is 1340. The Morgan fingerprint density at radius 1 is 1.03 bits per heavy atom. The van der Waals surface area contributed by atoms with Crippen LogP contribution in [0.2, 0.25) is 0 Å². The first-order valence-corrected chi connectivity index (χ1v) is 12.4. The number of hydrogen-bond donors (Lipinski definition) is 2. The molecule has 0 aliphatic carbocycles. The van der Waals surface area contributed by atoms with E-state index in [0.717, 1.165) is 44.8 Å². The van der Waals surface area contributed by atoms with Crippen molar-refractivity contribution in [1.29, 1.82) is 0 Å². The van der Waals surface area contributed by atoms with Crippen molar-refractivity contribution in [2.45, 2.75) is 39.3 Å². The van der Waals surface area contributed by atoms with E-state index in [1.165, 1.54) is 0 Å². The van der Waals surface area contributed by atoms with E-state index < -0.39 is 6.43 Å². The highest BCUT2D eigenvalue weighted by atomic mass is 19.3. The van der Waals surface area contributed by atoms with E-state index in [1.807, 2.05) is 68.4 Å². The number of aryl methyl sites for hydroxylation is 2. The summed E-state index contributed by atoms with van der Waals surface area (Å²) in [5.41, 5.74) is 6.29. The van der Waals surface area contributed by atoms with E-state index in [4.69, 9.17) is 0 Å². The van der Waals surface area contributed by atoms with Crippen molar-refractivity contribution in [2.24, 2.45) is 0 Å². The lowest BCUT2D eigenvalue weighted by atomic mass is 10.0. The summed E-state index contributed by atoms with van der Waals surface area (Å²) >= 11 is 0. The summed E-state index contributed by atoms with van der Waals surface area (Å²) in [6.45, 7) is 5.17. The molecule has 0 bridgehead atoms. The van der Waals surface area contributed by atoms with E-state index in [1.54, 1.807) is 9.80 Å². The van der Waals surface area contributed by atoms with Crippen molar-refractivity contribution >= 4 is 22.6 Å². The number of carbonyl (C=O) groups excluding carboxylic acids is 1. The Labute approximate surface area is 214 Å². The molecule has 7 nitrogen and oxygen atoms in total. The van der Waals surface area contributed by atoms with Gasteiger partial charge in [-0.05, 0) is 50.1 Å². The lowest BCUT2D eigenvalue weighted by molar-refractivity contribution is 0.0955. The summed E-state index contributed by atoms with van der Waals surface area (Å²) in [4.78, 5) is 20.7. The van der Waals surface area contributed by atoms with Crippen LogP contribution in [0.15, 0.2) is 60.7 Å². The van der Waals surface area contributed by atoms with E-state index in [9.17, 15) is 13.6 Å². The van der Waals surface area contributed by atoms with Gasteiger partial charge in [0.25, 0.3) is 6.43 Å². The molecule has 2 aromatic heterocycles. The van der Waals surface area contributed by atoms with Gasteiger partial charge < -0.3 is 10.2 Å². The number of nitrogens with zero attached hydrogens (tertiary/aromatic N) is 4. The number of H-pyrrole nitrogens is 1. The summed E-state index contributed by atoms with van der Waals surface area (Å²) in [6.07, 6.45) is -1.66. The maximum Gasteiger partial charge on any atom is 0.322 e. The Morgan fingerprint density at radius 3 is 2.35 bits per heavy atom.